The molecule has 5 heteroatoms. The van der Waals surface area contributed by atoms with E-state index in [1.165, 1.54) is 0 Å². The molecule has 1 aromatic rings. The molecule has 0 bridgehead atoms. The highest BCUT2D eigenvalue weighted by molar-refractivity contribution is 4.96. The summed E-state index contributed by atoms with van der Waals surface area (Å²) in [6.45, 7) is 10.8. The maximum absolute atomic E-state index is 5.39. The van der Waals surface area contributed by atoms with Crippen molar-refractivity contribution in [2.45, 2.75) is 46.1 Å². The molecule has 0 aromatic carbocycles. The summed E-state index contributed by atoms with van der Waals surface area (Å²) in [5, 5.41) is 7.57. The molecule has 1 saturated heterocycles. The summed E-state index contributed by atoms with van der Waals surface area (Å²) in [5.74, 6) is 2.32. The fraction of sp³-hybridized carbons (Fsp3) is 0.857. The van der Waals surface area contributed by atoms with Gasteiger partial charge in [0.25, 0.3) is 0 Å². The van der Waals surface area contributed by atoms with Crippen LogP contribution in [-0.2, 0) is 6.42 Å². The summed E-state index contributed by atoms with van der Waals surface area (Å²) < 4.78 is 5.39. The zero-order valence-electron chi connectivity index (χ0n) is 12.4. The van der Waals surface area contributed by atoms with Crippen molar-refractivity contribution in [2.75, 3.05) is 26.2 Å². The van der Waals surface area contributed by atoms with Crippen molar-refractivity contribution in [3.63, 3.8) is 0 Å². The smallest absolute Gasteiger partial charge is 0.226 e. The predicted molar refractivity (Wildman–Crippen MR) is 74.9 cm³/mol. The minimum absolute atomic E-state index is 0.304. The third-order valence-electron chi connectivity index (χ3n) is 3.70. The summed E-state index contributed by atoms with van der Waals surface area (Å²) in [4.78, 5) is 7.04. The fourth-order valence-electron chi connectivity index (χ4n) is 2.51. The Labute approximate surface area is 115 Å². The first kappa shape index (κ1) is 14.5. The maximum atomic E-state index is 5.39. The second-order valence-corrected chi connectivity index (χ2v) is 5.69. The second kappa shape index (κ2) is 7.01. The molecule has 1 fully saturated rings. The molecule has 0 amide bonds. The molecule has 19 heavy (non-hydrogen) atoms. The Morgan fingerprint density at radius 2 is 2.05 bits per heavy atom. The molecule has 1 aliphatic heterocycles. The van der Waals surface area contributed by atoms with Crippen LogP contribution in [0.1, 0.15) is 51.4 Å². The van der Waals surface area contributed by atoms with Gasteiger partial charge in [-0.25, -0.2) is 0 Å². The van der Waals surface area contributed by atoms with Crippen LogP contribution in [0.25, 0.3) is 0 Å². The van der Waals surface area contributed by atoms with E-state index in [0.29, 0.717) is 12.0 Å². The van der Waals surface area contributed by atoms with E-state index in [1.807, 2.05) is 0 Å². The van der Waals surface area contributed by atoms with Crippen LogP contribution >= 0.6 is 0 Å². The molecule has 1 atom stereocenters. The molecule has 1 aliphatic rings. The number of nitrogens with one attached hydrogen (secondary N) is 1. The Hall–Kier alpha value is -0.940. The first-order valence-corrected chi connectivity index (χ1v) is 7.48. The van der Waals surface area contributed by atoms with Gasteiger partial charge in [0.05, 0.1) is 6.04 Å². The number of nitrogens with zero attached hydrogens (tertiary/aromatic N) is 3. The van der Waals surface area contributed by atoms with Crippen molar-refractivity contribution in [3.8, 4) is 0 Å². The summed E-state index contributed by atoms with van der Waals surface area (Å²) in [6.07, 6.45) is 3.03. The third-order valence-corrected chi connectivity index (χ3v) is 3.70. The lowest BCUT2D eigenvalue weighted by Gasteiger charge is -2.32. The maximum Gasteiger partial charge on any atom is 0.226 e. The van der Waals surface area contributed by atoms with Crippen molar-refractivity contribution in [1.82, 2.24) is 20.4 Å². The van der Waals surface area contributed by atoms with Gasteiger partial charge in [-0.05, 0) is 18.8 Å². The van der Waals surface area contributed by atoms with E-state index in [9.17, 15) is 0 Å². The van der Waals surface area contributed by atoms with Crippen LogP contribution in [0, 0.1) is 5.92 Å². The number of aryl methyl sites for hydroxylation is 1. The Bertz CT molecular complexity index is 371. The van der Waals surface area contributed by atoms with Crippen LogP contribution in [0.4, 0.5) is 0 Å². The highest BCUT2D eigenvalue weighted by Crippen LogP contribution is 2.22. The van der Waals surface area contributed by atoms with Gasteiger partial charge in [0.2, 0.25) is 5.89 Å². The molecular weight excluding hydrogens is 240 g/mol. The van der Waals surface area contributed by atoms with E-state index >= 15 is 0 Å². The zero-order chi connectivity index (χ0) is 13.7. The van der Waals surface area contributed by atoms with E-state index in [0.717, 1.165) is 57.2 Å². The molecule has 1 unspecified atom stereocenters. The van der Waals surface area contributed by atoms with E-state index in [-0.39, 0.29) is 0 Å². The Kier molecular flexibility index (Phi) is 5.34. The van der Waals surface area contributed by atoms with Crippen LogP contribution in [0.15, 0.2) is 4.52 Å². The standard InChI is InChI=1S/C14H26N4O/c1-4-12(18-9-7-15-8-10-18)14-16-13(19-17-14)6-5-11(2)3/h11-12,15H,4-10H2,1-3H3. The lowest BCUT2D eigenvalue weighted by Crippen LogP contribution is -2.45. The molecule has 1 aromatic heterocycles. The van der Waals surface area contributed by atoms with E-state index < -0.39 is 0 Å². The normalized spacial score (nSPS) is 18.9. The molecule has 0 aliphatic carbocycles. The van der Waals surface area contributed by atoms with Crippen molar-refractivity contribution in [1.29, 1.82) is 0 Å². The topological polar surface area (TPSA) is 54.2 Å². The molecule has 0 saturated carbocycles. The summed E-state index contributed by atoms with van der Waals surface area (Å²) in [7, 11) is 0. The zero-order valence-corrected chi connectivity index (χ0v) is 12.4. The van der Waals surface area contributed by atoms with E-state index in [4.69, 9.17) is 4.52 Å². The van der Waals surface area contributed by atoms with Gasteiger partial charge in [0.1, 0.15) is 0 Å². The quantitative estimate of drug-likeness (QED) is 0.853. The highest BCUT2D eigenvalue weighted by atomic mass is 16.5. The minimum atomic E-state index is 0.304. The van der Waals surface area contributed by atoms with Gasteiger partial charge in [0, 0.05) is 32.6 Å². The van der Waals surface area contributed by atoms with E-state index in [1.54, 1.807) is 0 Å². The van der Waals surface area contributed by atoms with Crippen molar-refractivity contribution >= 4 is 0 Å². The number of rotatable bonds is 6. The van der Waals surface area contributed by atoms with Gasteiger partial charge < -0.3 is 9.84 Å². The molecule has 0 spiro atoms. The first-order chi connectivity index (χ1) is 9.20. The predicted octanol–water partition coefficient (Wildman–Crippen LogP) is 2.01. The number of hydrogen-bond acceptors (Lipinski definition) is 5. The van der Waals surface area contributed by atoms with Crippen molar-refractivity contribution in [2.24, 2.45) is 5.92 Å². The third kappa shape index (κ3) is 4.01. The van der Waals surface area contributed by atoms with Gasteiger partial charge in [-0.1, -0.05) is 25.9 Å². The molecule has 1 N–H and O–H groups in total. The van der Waals surface area contributed by atoms with Crippen LogP contribution in [0.5, 0.6) is 0 Å². The average Bonchev–Trinajstić information content (AvgIpc) is 2.87. The SMILES string of the molecule is CCC(c1noc(CCC(C)C)n1)N1CCNCC1. The second-order valence-electron chi connectivity index (χ2n) is 5.69. The Balaban J connectivity index is 1.98. The van der Waals surface area contributed by atoms with Gasteiger partial charge >= 0.3 is 0 Å². The fourth-order valence-corrected chi connectivity index (χ4v) is 2.51. The van der Waals surface area contributed by atoms with Gasteiger partial charge in [-0.15, -0.1) is 0 Å². The van der Waals surface area contributed by atoms with Crippen LogP contribution in [0.3, 0.4) is 0 Å². The number of aromatic nitrogens is 2. The Morgan fingerprint density at radius 3 is 2.68 bits per heavy atom. The number of piperazine rings is 1. The van der Waals surface area contributed by atoms with Gasteiger partial charge in [-0.3, -0.25) is 4.90 Å². The largest absolute Gasteiger partial charge is 0.339 e. The molecule has 108 valence electrons. The molecular formula is C14H26N4O. The molecule has 0 radical (unpaired) electrons. The Morgan fingerprint density at radius 1 is 1.32 bits per heavy atom. The minimum Gasteiger partial charge on any atom is -0.339 e. The van der Waals surface area contributed by atoms with Gasteiger partial charge in [-0.2, -0.15) is 4.98 Å². The highest BCUT2D eigenvalue weighted by Gasteiger charge is 2.24. The molecule has 2 heterocycles. The summed E-state index contributed by atoms with van der Waals surface area (Å²) in [5.41, 5.74) is 0. The lowest BCUT2D eigenvalue weighted by atomic mass is 10.1. The van der Waals surface area contributed by atoms with Crippen LogP contribution in [0.2, 0.25) is 0 Å². The lowest BCUT2D eigenvalue weighted by molar-refractivity contribution is 0.160. The molecule has 5 nitrogen and oxygen atoms in total. The first-order valence-electron chi connectivity index (χ1n) is 7.48. The van der Waals surface area contributed by atoms with E-state index in [2.05, 4.69) is 41.1 Å². The molecule has 2 rings (SSSR count). The van der Waals surface area contributed by atoms with Gasteiger partial charge in [0.15, 0.2) is 5.82 Å². The summed E-state index contributed by atoms with van der Waals surface area (Å²) >= 11 is 0. The number of hydrogen-bond donors (Lipinski definition) is 1. The van der Waals surface area contributed by atoms with Crippen LogP contribution < -0.4 is 5.32 Å². The monoisotopic (exact) mass is 266 g/mol. The van der Waals surface area contributed by atoms with Crippen LogP contribution in [-0.4, -0.2) is 41.2 Å². The van der Waals surface area contributed by atoms with Crippen molar-refractivity contribution in [3.05, 3.63) is 11.7 Å². The average molecular weight is 266 g/mol. The van der Waals surface area contributed by atoms with Crippen molar-refractivity contribution < 1.29 is 4.52 Å². The summed E-state index contributed by atoms with van der Waals surface area (Å²) in [6, 6.07) is 0.304.